The van der Waals surface area contributed by atoms with Crippen molar-refractivity contribution in [3.05, 3.63) is 131 Å². The summed E-state index contributed by atoms with van der Waals surface area (Å²) < 4.78 is 0. The fraction of sp³-hybridized carbons (Fsp3) is 0.0370. The van der Waals surface area contributed by atoms with Gasteiger partial charge in [-0.15, -0.1) is 0 Å². The second-order valence-corrected chi connectivity index (χ2v) is 7.76. The number of hydrogen-bond donors (Lipinski definition) is 1. The maximum atomic E-state index is 6.06. The van der Waals surface area contributed by atoms with Crippen LogP contribution >= 0.6 is 11.6 Å². The summed E-state index contributed by atoms with van der Waals surface area (Å²) in [5.41, 5.74) is 5.34. The predicted molar refractivity (Wildman–Crippen MR) is 129 cm³/mol. The van der Waals surface area contributed by atoms with E-state index in [0.717, 1.165) is 44.5 Å². The minimum atomic E-state index is -0.241. The maximum Gasteiger partial charge on any atom is 0.159 e. The minimum absolute atomic E-state index is 0.241. The first-order chi connectivity index (χ1) is 15.3. The summed E-state index contributed by atoms with van der Waals surface area (Å²) in [6.45, 7) is 0. The van der Waals surface area contributed by atoms with Crippen LogP contribution < -0.4 is 5.32 Å². The Bertz CT molecular complexity index is 1250. The second kappa shape index (κ2) is 8.58. The smallest absolute Gasteiger partial charge is 0.159 e. The van der Waals surface area contributed by atoms with E-state index in [1.54, 1.807) is 0 Å². The van der Waals surface area contributed by atoms with Gasteiger partial charge in [0, 0.05) is 16.1 Å². The van der Waals surface area contributed by atoms with Gasteiger partial charge in [-0.05, 0) is 34.9 Å². The van der Waals surface area contributed by atoms with E-state index in [4.69, 9.17) is 21.6 Å². The molecule has 0 aliphatic carbocycles. The van der Waals surface area contributed by atoms with Crippen molar-refractivity contribution in [3.8, 4) is 11.1 Å². The van der Waals surface area contributed by atoms with Gasteiger partial charge in [-0.3, -0.25) is 0 Å². The lowest BCUT2D eigenvalue weighted by Crippen LogP contribution is -2.33. The number of nitrogens with zero attached hydrogens (tertiary/aromatic N) is 2. The number of halogens is 1. The monoisotopic (exact) mass is 421 g/mol. The standard InChI is InChI=1S/C27H20ClN3/c28-24-16-14-19(15-17-24)22-12-7-13-23(18-22)27-30-25(20-8-3-1-4-9-20)29-26(31-27)21-10-5-2-6-11-21/h1-18,27H,(H,29,30,31). The Morgan fingerprint density at radius 2 is 1.26 bits per heavy atom. The molecular formula is C27H20ClN3. The Balaban J connectivity index is 1.55. The molecule has 3 nitrogen and oxygen atoms in total. The van der Waals surface area contributed by atoms with Crippen molar-refractivity contribution in [2.45, 2.75) is 6.17 Å². The normalized spacial score (nSPS) is 15.6. The lowest BCUT2D eigenvalue weighted by Gasteiger charge is -2.24. The molecule has 1 atom stereocenters. The highest BCUT2D eigenvalue weighted by Gasteiger charge is 2.21. The van der Waals surface area contributed by atoms with E-state index in [1.807, 2.05) is 72.8 Å². The first-order valence-electron chi connectivity index (χ1n) is 10.2. The largest absolute Gasteiger partial charge is 0.344 e. The molecule has 0 saturated carbocycles. The summed E-state index contributed by atoms with van der Waals surface area (Å²) in [5, 5.41) is 4.25. The zero-order chi connectivity index (χ0) is 21.0. The third kappa shape index (κ3) is 4.27. The van der Waals surface area contributed by atoms with Gasteiger partial charge in [0.15, 0.2) is 5.84 Å². The molecule has 0 fully saturated rings. The highest BCUT2D eigenvalue weighted by molar-refractivity contribution is 6.30. The highest BCUT2D eigenvalue weighted by Crippen LogP contribution is 2.27. The predicted octanol–water partition coefficient (Wildman–Crippen LogP) is 6.50. The molecule has 5 rings (SSSR count). The molecule has 0 bridgehead atoms. The third-order valence-electron chi connectivity index (χ3n) is 5.20. The van der Waals surface area contributed by atoms with E-state index in [1.165, 1.54) is 0 Å². The third-order valence-corrected chi connectivity index (χ3v) is 5.45. The van der Waals surface area contributed by atoms with Crippen molar-refractivity contribution < 1.29 is 0 Å². The fourth-order valence-electron chi connectivity index (χ4n) is 3.61. The number of hydrogen-bond acceptors (Lipinski definition) is 3. The Morgan fingerprint density at radius 3 is 1.97 bits per heavy atom. The minimum Gasteiger partial charge on any atom is -0.344 e. The molecule has 0 saturated heterocycles. The fourth-order valence-corrected chi connectivity index (χ4v) is 3.74. The van der Waals surface area contributed by atoms with Crippen LogP contribution in [0.5, 0.6) is 0 Å². The van der Waals surface area contributed by atoms with Crippen LogP contribution in [0.15, 0.2) is 119 Å². The summed E-state index contributed by atoms with van der Waals surface area (Å²) in [6.07, 6.45) is -0.241. The van der Waals surface area contributed by atoms with Gasteiger partial charge in [0.1, 0.15) is 12.0 Å². The van der Waals surface area contributed by atoms with E-state index >= 15 is 0 Å². The molecular weight excluding hydrogens is 402 g/mol. The van der Waals surface area contributed by atoms with Crippen molar-refractivity contribution >= 4 is 23.3 Å². The summed E-state index contributed by atoms with van der Waals surface area (Å²) in [6, 6.07) is 36.6. The second-order valence-electron chi connectivity index (χ2n) is 7.32. The van der Waals surface area contributed by atoms with Crippen LogP contribution in [0.4, 0.5) is 0 Å². The average Bonchev–Trinajstić information content (AvgIpc) is 2.85. The molecule has 1 N–H and O–H groups in total. The van der Waals surface area contributed by atoms with Crippen molar-refractivity contribution in [1.29, 1.82) is 0 Å². The van der Waals surface area contributed by atoms with E-state index in [9.17, 15) is 0 Å². The van der Waals surface area contributed by atoms with Crippen molar-refractivity contribution in [2.75, 3.05) is 0 Å². The molecule has 0 spiro atoms. The van der Waals surface area contributed by atoms with Crippen LogP contribution in [-0.4, -0.2) is 11.7 Å². The molecule has 1 aliphatic heterocycles. The number of benzene rings is 4. The molecule has 0 radical (unpaired) electrons. The molecule has 31 heavy (non-hydrogen) atoms. The number of aliphatic imine (C=N–C) groups is 2. The van der Waals surface area contributed by atoms with Gasteiger partial charge in [0.05, 0.1) is 0 Å². The summed E-state index contributed by atoms with van der Waals surface area (Å²) in [5.74, 6) is 1.54. The molecule has 0 aromatic heterocycles. The molecule has 1 aliphatic rings. The molecule has 0 amide bonds. The lowest BCUT2D eigenvalue weighted by molar-refractivity contribution is 0.674. The first kappa shape index (κ1) is 19.3. The summed E-state index contributed by atoms with van der Waals surface area (Å²) >= 11 is 6.06. The zero-order valence-corrected chi connectivity index (χ0v) is 17.5. The molecule has 1 unspecified atom stereocenters. The zero-order valence-electron chi connectivity index (χ0n) is 16.7. The Kier molecular flexibility index (Phi) is 5.34. The molecule has 4 aromatic rings. The van der Waals surface area contributed by atoms with E-state index < -0.39 is 0 Å². The van der Waals surface area contributed by atoms with E-state index in [-0.39, 0.29) is 6.17 Å². The van der Waals surface area contributed by atoms with Crippen LogP contribution in [0.2, 0.25) is 5.02 Å². The molecule has 150 valence electrons. The van der Waals surface area contributed by atoms with Gasteiger partial charge in [-0.2, -0.15) is 0 Å². The van der Waals surface area contributed by atoms with Gasteiger partial charge >= 0.3 is 0 Å². The summed E-state index contributed by atoms with van der Waals surface area (Å²) in [4.78, 5) is 9.77. The van der Waals surface area contributed by atoms with Gasteiger partial charge in [-0.1, -0.05) is 103 Å². The van der Waals surface area contributed by atoms with Gasteiger partial charge < -0.3 is 5.32 Å². The average molecular weight is 422 g/mol. The molecule has 4 heteroatoms. The maximum absolute atomic E-state index is 6.06. The van der Waals surface area contributed by atoms with Crippen molar-refractivity contribution in [1.82, 2.24) is 5.32 Å². The van der Waals surface area contributed by atoms with Crippen LogP contribution in [0.3, 0.4) is 0 Å². The number of nitrogens with one attached hydrogen (secondary N) is 1. The Hall–Kier alpha value is -3.69. The van der Waals surface area contributed by atoms with Crippen molar-refractivity contribution in [2.24, 2.45) is 9.98 Å². The van der Waals surface area contributed by atoms with Gasteiger partial charge in [0.25, 0.3) is 0 Å². The van der Waals surface area contributed by atoms with Gasteiger partial charge in [-0.25, -0.2) is 9.98 Å². The number of rotatable bonds is 4. The van der Waals surface area contributed by atoms with Crippen molar-refractivity contribution in [3.63, 3.8) is 0 Å². The topological polar surface area (TPSA) is 36.8 Å². The van der Waals surface area contributed by atoms with Crippen LogP contribution in [0.25, 0.3) is 11.1 Å². The van der Waals surface area contributed by atoms with Crippen LogP contribution in [0.1, 0.15) is 22.9 Å². The van der Waals surface area contributed by atoms with Gasteiger partial charge in [0.2, 0.25) is 0 Å². The van der Waals surface area contributed by atoms with E-state index in [0.29, 0.717) is 0 Å². The molecule has 4 aromatic carbocycles. The summed E-state index contributed by atoms with van der Waals surface area (Å²) in [7, 11) is 0. The Morgan fingerprint density at radius 1 is 0.613 bits per heavy atom. The van der Waals surface area contributed by atoms with Crippen LogP contribution in [-0.2, 0) is 0 Å². The highest BCUT2D eigenvalue weighted by atomic mass is 35.5. The van der Waals surface area contributed by atoms with E-state index in [2.05, 4.69) is 41.7 Å². The number of amidine groups is 2. The SMILES string of the molecule is Clc1ccc(-c2cccc(C3N=C(c4ccccc4)N=C(c4ccccc4)N3)c2)cc1. The molecule has 1 heterocycles. The first-order valence-corrected chi connectivity index (χ1v) is 10.5. The Labute approximate surface area is 186 Å². The quantitative estimate of drug-likeness (QED) is 0.401. The lowest BCUT2D eigenvalue weighted by atomic mass is 10.0. The van der Waals surface area contributed by atoms with Crippen LogP contribution in [0, 0.1) is 0 Å².